The molecule has 5 nitrogen and oxygen atoms in total. The van der Waals surface area contributed by atoms with Crippen molar-refractivity contribution in [2.75, 3.05) is 32.1 Å². The molecule has 1 aliphatic rings. The Morgan fingerprint density at radius 2 is 2.23 bits per heavy atom. The van der Waals surface area contributed by atoms with Gasteiger partial charge in [-0.2, -0.15) is 18.4 Å². The summed E-state index contributed by atoms with van der Waals surface area (Å²) in [6.45, 7) is 3.84. The van der Waals surface area contributed by atoms with Gasteiger partial charge in [0.15, 0.2) is 0 Å². The van der Waals surface area contributed by atoms with E-state index in [0.717, 1.165) is 18.7 Å². The highest BCUT2D eigenvalue weighted by Gasteiger charge is 2.33. The molecule has 1 saturated heterocycles. The third kappa shape index (κ3) is 3.87. The SMILES string of the molecule is CC(Nc1nc(C(F)(F)F)ccc1C#N)C1CN(C)CCO1. The van der Waals surface area contributed by atoms with E-state index in [1.54, 1.807) is 6.92 Å². The highest BCUT2D eigenvalue weighted by Crippen LogP contribution is 2.29. The summed E-state index contributed by atoms with van der Waals surface area (Å²) in [4.78, 5) is 5.62. The first kappa shape index (κ1) is 16.5. The average molecular weight is 314 g/mol. The minimum absolute atomic E-state index is 0.0679. The van der Waals surface area contributed by atoms with Gasteiger partial charge in [-0.1, -0.05) is 0 Å². The summed E-state index contributed by atoms with van der Waals surface area (Å²) >= 11 is 0. The second-order valence-corrected chi connectivity index (χ2v) is 5.31. The van der Waals surface area contributed by atoms with Crippen molar-refractivity contribution in [3.8, 4) is 6.07 Å². The summed E-state index contributed by atoms with van der Waals surface area (Å²) in [5.74, 6) is -0.0679. The van der Waals surface area contributed by atoms with Gasteiger partial charge in [0.2, 0.25) is 0 Å². The summed E-state index contributed by atoms with van der Waals surface area (Å²) in [6.07, 6.45) is -4.73. The minimum atomic E-state index is -4.55. The predicted molar refractivity (Wildman–Crippen MR) is 74.3 cm³/mol. The van der Waals surface area contributed by atoms with Gasteiger partial charge in [0.25, 0.3) is 0 Å². The van der Waals surface area contributed by atoms with Crippen LogP contribution in [-0.4, -0.2) is 48.8 Å². The molecule has 1 aromatic heterocycles. The third-order valence-corrected chi connectivity index (χ3v) is 3.52. The fourth-order valence-electron chi connectivity index (χ4n) is 2.24. The molecule has 0 bridgehead atoms. The van der Waals surface area contributed by atoms with Gasteiger partial charge in [-0.05, 0) is 26.1 Å². The van der Waals surface area contributed by atoms with Crippen molar-refractivity contribution < 1.29 is 17.9 Å². The summed E-state index contributed by atoms with van der Waals surface area (Å²) < 4.78 is 43.8. The monoisotopic (exact) mass is 314 g/mol. The van der Waals surface area contributed by atoms with Gasteiger partial charge in [0.1, 0.15) is 17.6 Å². The van der Waals surface area contributed by atoms with Crippen LogP contribution in [0.25, 0.3) is 0 Å². The molecule has 120 valence electrons. The van der Waals surface area contributed by atoms with Crippen LogP contribution in [0.4, 0.5) is 19.0 Å². The van der Waals surface area contributed by atoms with E-state index in [1.165, 1.54) is 0 Å². The van der Waals surface area contributed by atoms with E-state index in [9.17, 15) is 13.2 Å². The van der Waals surface area contributed by atoms with E-state index in [-0.39, 0.29) is 23.5 Å². The Labute approximate surface area is 126 Å². The summed E-state index contributed by atoms with van der Waals surface area (Å²) in [5, 5.41) is 11.9. The number of halogens is 3. The second-order valence-electron chi connectivity index (χ2n) is 5.31. The zero-order chi connectivity index (χ0) is 16.3. The average Bonchev–Trinajstić information content (AvgIpc) is 2.46. The molecule has 8 heteroatoms. The van der Waals surface area contributed by atoms with Crippen molar-refractivity contribution >= 4 is 5.82 Å². The van der Waals surface area contributed by atoms with Gasteiger partial charge in [-0.3, -0.25) is 0 Å². The van der Waals surface area contributed by atoms with Gasteiger partial charge < -0.3 is 15.0 Å². The molecular formula is C14H17F3N4O. The lowest BCUT2D eigenvalue weighted by atomic mass is 10.1. The number of alkyl halides is 3. The molecule has 1 fully saturated rings. The van der Waals surface area contributed by atoms with Crippen LogP contribution in [0.2, 0.25) is 0 Å². The van der Waals surface area contributed by atoms with E-state index in [0.29, 0.717) is 13.2 Å². The molecule has 1 aromatic rings. The summed E-state index contributed by atoms with van der Waals surface area (Å²) in [5.41, 5.74) is -0.952. The van der Waals surface area contributed by atoms with Crippen molar-refractivity contribution in [3.05, 3.63) is 23.4 Å². The van der Waals surface area contributed by atoms with Crippen LogP contribution in [0.15, 0.2) is 12.1 Å². The first-order chi connectivity index (χ1) is 10.3. The number of likely N-dealkylation sites (N-methyl/N-ethyl adjacent to an activating group) is 1. The number of anilines is 1. The van der Waals surface area contributed by atoms with E-state index in [4.69, 9.17) is 10.00 Å². The molecule has 0 amide bonds. The first-order valence-corrected chi connectivity index (χ1v) is 6.86. The van der Waals surface area contributed by atoms with Gasteiger partial charge in [0.05, 0.1) is 24.3 Å². The topological polar surface area (TPSA) is 61.2 Å². The number of hydrogen-bond donors (Lipinski definition) is 1. The molecule has 22 heavy (non-hydrogen) atoms. The maximum atomic E-state index is 12.7. The fourth-order valence-corrected chi connectivity index (χ4v) is 2.24. The smallest absolute Gasteiger partial charge is 0.373 e. The number of rotatable bonds is 3. The van der Waals surface area contributed by atoms with Gasteiger partial charge in [-0.15, -0.1) is 0 Å². The van der Waals surface area contributed by atoms with Crippen LogP contribution in [0.3, 0.4) is 0 Å². The Bertz CT molecular complexity index is 570. The van der Waals surface area contributed by atoms with Crippen molar-refractivity contribution in [1.82, 2.24) is 9.88 Å². The molecule has 1 N–H and O–H groups in total. The predicted octanol–water partition coefficient (Wildman–Crippen LogP) is 2.10. The van der Waals surface area contributed by atoms with Crippen LogP contribution in [0.5, 0.6) is 0 Å². The molecule has 2 heterocycles. The molecule has 0 spiro atoms. The van der Waals surface area contributed by atoms with Gasteiger partial charge in [0, 0.05) is 13.1 Å². The standard InChI is InChI=1S/C14H17F3N4O/c1-9(11-8-21(2)5-6-22-11)19-13-10(7-18)3-4-12(20-13)14(15,16)17/h3-4,9,11H,5-6,8H2,1-2H3,(H,19,20). The number of morpholine rings is 1. The maximum Gasteiger partial charge on any atom is 0.433 e. The van der Waals surface area contributed by atoms with Crippen LogP contribution in [-0.2, 0) is 10.9 Å². The number of hydrogen-bond acceptors (Lipinski definition) is 5. The second kappa shape index (κ2) is 6.50. The zero-order valence-electron chi connectivity index (χ0n) is 12.3. The molecule has 1 aliphatic heterocycles. The maximum absolute atomic E-state index is 12.7. The van der Waals surface area contributed by atoms with E-state index in [1.807, 2.05) is 13.1 Å². The normalized spacial score (nSPS) is 21.2. The number of nitriles is 1. The quantitative estimate of drug-likeness (QED) is 0.926. The molecule has 2 atom stereocenters. The number of aromatic nitrogens is 1. The molecule has 0 aliphatic carbocycles. The van der Waals surface area contributed by atoms with E-state index < -0.39 is 11.9 Å². The van der Waals surface area contributed by atoms with Crippen molar-refractivity contribution in [2.24, 2.45) is 0 Å². The van der Waals surface area contributed by atoms with E-state index in [2.05, 4.69) is 15.2 Å². The number of pyridine rings is 1. The fraction of sp³-hybridized carbons (Fsp3) is 0.571. The summed E-state index contributed by atoms with van der Waals surface area (Å²) in [6, 6.07) is 3.50. The number of nitrogens with zero attached hydrogens (tertiary/aromatic N) is 3. The van der Waals surface area contributed by atoms with Crippen LogP contribution in [0, 0.1) is 11.3 Å². The van der Waals surface area contributed by atoms with Crippen LogP contribution in [0.1, 0.15) is 18.2 Å². The largest absolute Gasteiger partial charge is 0.433 e. The minimum Gasteiger partial charge on any atom is -0.373 e. The molecule has 0 saturated carbocycles. The molecule has 2 rings (SSSR count). The lowest BCUT2D eigenvalue weighted by Crippen LogP contribution is -2.47. The highest BCUT2D eigenvalue weighted by molar-refractivity contribution is 5.53. The van der Waals surface area contributed by atoms with Crippen LogP contribution >= 0.6 is 0 Å². The third-order valence-electron chi connectivity index (χ3n) is 3.52. The Hall–Kier alpha value is -1.85. The number of nitrogens with one attached hydrogen (secondary N) is 1. The van der Waals surface area contributed by atoms with E-state index >= 15 is 0 Å². The summed E-state index contributed by atoms with van der Waals surface area (Å²) in [7, 11) is 1.95. The Morgan fingerprint density at radius 1 is 1.50 bits per heavy atom. The molecular weight excluding hydrogens is 297 g/mol. The van der Waals surface area contributed by atoms with Gasteiger partial charge >= 0.3 is 6.18 Å². The Kier molecular flexibility index (Phi) is 4.88. The lowest BCUT2D eigenvalue weighted by molar-refractivity contribution is -0.141. The molecule has 0 aromatic carbocycles. The highest BCUT2D eigenvalue weighted by atomic mass is 19.4. The Balaban J connectivity index is 2.18. The van der Waals surface area contributed by atoms with Crippen molar-refractivity contribution in [2.45, 2.75) is 25.2 Å². The zero-order valence-corrected chi connectivity index (χ0v) is 12.3. The van der Waals surface area contributed by atoms with Gasteiger partial charge in [-0.25, -0.2) is 4.98 Å². The van der Waals surface area contributed by atoms with Crippen molar-refractivity contribution in [1.29, 1.82) is 5.26 Å². The molecule has 0 radical (unpaired) electrons. The van der Waals surface area contributed by atoms with Crippen LogP contribution < -0.4 is 5.32 Å². The lowest BCUT2D eigenvalue weighted by Gasteiger charge is -2.34. The molecule has 2 unspecified atom stereocenters. The van der Waals surface area contributed by atoms with Crippen molar-refractivity contribution in [3.63, 3.8) is 0 Å². The first-order valence-electron chi connectivity index (χ1n) is 6.86. The number of ether oxygens (including phenoxy) is 1. The Morgan fingerprint density at radius 3 is 2.82 bits per heavy atom.